The quantitative estimate of drug-likeness (QED) is 0.393. The van der Waals surface area contributed by atoms with Gasteiger partial charge in [-0.15, -0.1) is 11.3 Å². The molecule has 0 aliphatic rings. The number of nitrogens with one attached hydrogen (secondary N) is 2. The first kappa shape index (κ1) is 19.9. The predicted octanol–water partition coefficient (Wildman–Crippen LogP) is 5.62. The average Bonchev–Trinajstić information content (AvgIpc) is 3.24. The minimum Gasteiger partial charge on any atom is -0.484 e. The maximum atomic E-state index is 12.1. The highest BCUT2D eigenvalue weighted by atomic mass is 35.5. The highest BCUT2D eigenvalue weighted by molar-refractivity contribution is 7.14. The van der Waals surface area contributed by atoms with Gasteiger partial charge in [0, 0.05) is 39.7 Å². The third-order valence-corrected chi connectivity index (χ3v) is 5.09. The van der Waals surface area contributed by atoms with Gasteiger partial charge >= 0.3 is 0 Å². The maximum Gasteiger partial charge on any atom is 0.262 e. The van der Waals surface area contributed by atoms with E-state index in [2.05, 4.69) is 20.6 Å². The van der Waals surface area contributed by atoms with E-state index < -0.39 is 0 Å². The van der Waals surface area contributed by atoms with Gasteiger partial charge in [-0.1, -0.05) is 11.6 Å². The number of nitrogens with zero attached hydrogens (tertiary/aromatic N) is 2. The Morgan fingerprint density at radius 3 is 2.40 bits per heavy atom. The van der Waals surface area contributed by atoms with E-state index in [-0.39, 0.29) is 12.5 Å². The summed E-state index contributed by atoms with van der Waals surface area (Å²) in [7, 11) is 0. The zero-order valence-corrected chi connectivity index (χ0v) is 17.3. The molecule has 0 saturated heterocycles. The van der Waals surface area contributed by atoms with E-state index in [1.807, 2.05) is 41.8 Å². The molecule has 2 N–H and O–H groups in total. The highest BCUT2D eigenvalue weighted by Crippen LogP contribution is 2.27. The van der Waals surface area contributed by atoms with Crippen LogP contribution in [0.1, 0.15) is 0 Å². The molecule has 0 radical (unpaired) electrons. The molecular formula is C22H17ClN4O2S. The zero-order valence-electron chi connectivity index (χ0n) is 15.7. The minimum atomic E-state index is -0.243. The van der Waals surface area contributed by atoms with Crippen LogP contribution in [-0.4, -0.2) is 22.5 Å². The monoisotopic (exact) mass is 436 g/mol. The second-order valence-electron chi connectivity index (χ2n) is 6.27. The Kier molecular flexibility index (Phi) is 6.22. The normalized spacial score (nSPS) is 10.4. The van der Waals surface area contributed by atoms with E-state index >= 15 is 0 Å². The lowest BCUT2D eigenvalue weighted by atomic mass is 10.2. The van der Waals surface area contributed by atoms with Crippen molar-refractivity contribution in [2.24, 2.45) is 0 Å². The van der Waals surface area contributed by atoms with E-state index in [0.29, 0.717) is 16.5 Å². The predicted molar refractivity (Wildman–Crippen MR) is 121 cm³/mol. The van der Waals surface area contributed by atoms with Crippen LogP contribution in [0.5, 0.6) is 5.75 Å². The molecule has 0 aliphatic carbocycles. The molecule has 0 fully saturated rings. The van der Waals surface area contributed by atoms with Crippen LogP contribution in [-0.2, 0) is 4.79 Å². The number of ether oxygens (including phenoxy) is 1. The number of benzene rings is 2. The van der Waals surface area contributed by atoms with Gasteiger partial charge in [0.2, 0.25) is 0 Å². The van der Waals surface area contributed by atoms with Crippen molar-refractivity contribution < 1.29 is 9.53 Å². The average molecular weight is 437 g/mol. The van der Waals surface area contributed by atoms with Crippen LogP contribution < -0.4 is 15.4 Å². The Morgan fingerprint density at radius 2 is 1.67 bits per heavy atom. The summed E-state index contributed by atoms with van der Waals surface area (Å²) in [6.45, 7) is -0.0848. The number of carbonyl (C=O) groups excluding carboxylic acids is 1. The largest absolute Gasteiger partial charge is 0.484 e. The minimum absolute atomic E-state index is 0.0848. The number of pyridine rings is 1. The zero-order chi connectivity index (χ0) is 20.8. The van der Waals surface area contributed by atoms with Gasteiger partial charge in [-0.05, 0) is 60.7 Å². The molecule has 0 bridgehead atoms. The molecular weight excluding hydrogens is 420 g/mol. The summed E-state index contributed by atoms with van der Waals surface area (Å²) >= 11 is 7.35. The standard InChI is InChI=1S/C22H17ClN4O2S/c23-16-1-7-19(8-2-16)29-13-21(28)25-17-3-5-18(6-4-17)26-22-27-20(14-30-22)15-9-11-24-12-10-15/h1-12,14H,13H2,(H,25,28)(H,26,27). The van der Waals surface area contributed by atoms with Crippen LogP contribution in [0.4, 0.5) is 16.5 Å². The van der Waals surface area contributed by atoms with Crippen molar-refractivity contribution in [3.05, 3.63) is 83.5 Å². The van der Waals surface area contributed by atoms with E-state index in [1.54, 1.807) is 36.7 Å². The van der Waals surface area contributed by atoms with Gasteiger partial charge in [0.05, 0.1) is 5.69 Å². The van der Waals surface area contributed by atoms with Crippen LogP contribution >= 0.6 is 22.9 Å². The van der Waals surface area contributed by atoms with E-state index in [9.17, 15) is 4.79 Å². The summed E-state index contributed by atoms with van der Waals surface area (Å²) in [5.74, 6) is 0.344. The van der Waals surface area contributed by atoms with Crippen molar-refractivity contribution in [3.63, 3.8) is 0 Å². The number of thiazole rings is 1. The Bertz CT molecular complexity index is 1120. The first-order valence-electron chi connectivity index (χ1n) is 9.07. The number of anilines is 3. The molecule has 0 atom stereocenters. The molecule has 2 heterocycles. The summed E-state index contributed by atoms with van der Waals surface area (Å²) in [5, 5.41) is 9.47. The Labute approximate surface area is 182 Å². The summed E-state index contributed by atoms with van der Waals surface area (Å²) in [5.41, 5.74) is 3.48. The first-order chi connectivity index (χ1) is 14.7. The fourth-order valence-electron chi connectivity index (χ4n) is 2.62. The molecule has 0 spiro atoms. The number of hydrogen-bond acceptors (Lipinski definition) is 6. The molecule has 2 aromatic heterocycles. The molecule has 2 aromatic carbocycles. The van der Waals surface area contributed by atoms with Gasteiger partial charge in [-0.2, -0.15) is 0 Å². The Balaban J connectivity index is 1.30. The van der Waals surface area contributed by atoms with E-state index in [1.165, 1.54) is 11.3 Å². The number of aromatic nitrogens is 2. The van der Waals surface area contributed by atoms with Gasteiger partial charge < -0.3 is 15.4 Å². The molecule has 8 heteroatoms. The van der Waals surface area contributed by atoms with E-state index in [0.717, 1.165) is 22.1 Å². The van der Waals surface area contributed by atoms with Crippen molar-refractivity contribution in [1.29, 1.82) is 0 Å². The molecule has 150 valence electrons. The summed E-state index contributed by atoms with van der Waals surface area (Å²) in [6.07, 6.45) is 3.49. The lowest BCUT2D eigenvalue weighted by Crippen LogP contribution is -2.20. The molecule has 0 unspecified atom stereocenters. The van der Waals surface area contributed by atoms with Crippen LogP contribution in [0, 0.1) is 0 Å². The Morgan fingerprint density at radius 1 is 0.967 bits per heavy atom. The van der Waals surface area contributed by atoms with Crippen molar-refractivity contribution in [1.82, 2.24) is 9.97 Å². The Hall–Kier alpha value is -3.42. The second-order valence-corrected chi connectivity index (χ2v) is 7.56. The van der Waals surface area contributed by atoms with Gasteiger partial charge in [-0.25, -0.2) is 4.98 Å². The molecule has 1 amide bonds. The van der Waals surface area contributed by atoms with Gasteiger partial charge in [0.25, 0.3) is 5.91 Å². The van der Waals surface area contributed by atoms with Crippen LogP contribution in [0.3, 0.4) is 0 Å². The first-order valence-corrected chi connectivity index (χ1v) is 10.3. The van der Waals surface area contributed by atoms with Crippen LogP contribution in [0.2, 0.25) is 5.02 Å². The fourth-order valence-corrected chi connectivity index (χ4v) is 3.49. The van der Waals surface area contributed by atoms with Crippen LogP contribution in [0.25, 0.3) is 11.3 Å². The van der Waals surface area contributed by atoms with E-state index in [4.69, 9.17) is 16.3 Å². The lowest BCUT2D eigenvalue weighted by Gasteiger charge is -2.08. The number of rotatable bonds is 7. The number of carbonyl (C=O) groups is 1. The maximum absolute atomic E-state index is 12.1. The van der Waals surface area contributed by atoms with Gasteiger partial charge in [-0.3, -0.25) is 9.78 Å². The highest BCUT2D eigenvalue weighted by Gasteiger charge is 2.06. The third-order valence-electron chi connectivity index (χ3n) is 4.08. The van der Waals surface area contributed by atoms with Crippen molar-refractivity contribution in [2.75, 3.05) is 17.2 Å². The number of halogens is 1. The molecule has 30 heavy (non-hydrogen) atoms. The SMILES string of the molecule is O=C(COc1ccc(Cl)cc1)Nc1ccc(Nc2nc(-c3ccncc3)cs2)cc1. The second kappa shape index (κ2) is 9.39. The topological polar surface area (TPSA) is 76.1 Å². The smallest absolute Gasteiger partial charge is 0.262 e. The summed E-state index contributed by atoms with van der Waals surface area (Å²) in [4.78, 5) is 20.7. The summed E-state index contributed by atoms with van der Waals surface area (Å²) < 4.78 is 5.44. The molecule has 6 nitrogen and oxygen atoms in total. The molecule has 4 aromatic rings. The van der Waals surface area contributed by atoms with Gasteiger partial charge in [0.1, 0.15) is 5.75 Å². The van der Waals surface area contributed by atoms with Crippen molar-refractivity contribution in [2.45, 2.75) is 0 Å². The van der Waals surface area contributed by atoms with Crippen molar-refractivity contribution in [3.8, 4) is 17.0 Å². The van der Waals surface area contributed by atoms with Gasteiger partial charge in [0.15, 0.2) is 11.7 Å². The number of hydrogen-bond donors (Lipinski definition) is 2. The fraction of sp³-hybridized carbons (Fsp3) is 0.0455. The molecule has 0 saturated carbocycles. The number of amides is 1. The molecule has 0 aliphatic heterocycles. The van der Waals surface area contributed by atoms with Crippen molar-refractivity contribution >= 4 is 45.4 Å². The van der Waals surface area contributed by atoms with Crippen LogP contribution in [0.15, 0.2) is 78.4 Å². The summed E-state index contributed by atoms with van der Waals surface area (Å²) in [6, 6.07) is 18.1. The lowest BCUT2D eigenvalue weighted by molar-refractivity contribution is -0.118. The molecule has 4 rings (SSSR count). The third kappa shape index (κ3) is 5.34.